The summed E-state index contributed by atoms with van der Waals surface area (Å²) in [5, 5.41) is 22.2. The van der Waals surface area contributed by atoms with Gasteiger partial charge in [-0.1, -0.05) is 98.7 Å². The number of hydrogen-bond donors (Lipinski definition) is 3. The Morgan fingerprint density at radius 2 is 1.39 bits per heavy atom. The first-order valence-corrected chi connectivity index (χ1v) is 12.4. The third-order valence-corrected chi connectivity index (χ3v) is 5.28. The van der Waals surface area contributed by atoms with Crippen LogP contribution in [0.4, 0.5) is 0 Å². The van der Waals surface area contributed by atoms with Gasteiger partial charge in [0.2, 0.25) is 5.91 Å². The maximum Gasteiger partial charge on any atom is 0.220 e. The molecule has 182 valence electrons. The van der Waals surface area contributed by atoms with Gasteiger partial charge in [0.05, 0.1) is 12.6 Å². The van der Waals surface area contributed by atoms with Crippen molar-refractivity contribution in [3.05, 3.63) is 84.5 Å². The van der Waals surface area contributed by atoms with Gasteiger partial charge < -0.3 is 15.5 Å². The molecule has 0 aliphatic carbocycles. The predicted molar refractivity (Wildman–Crippen MR) is 139 cm³/mol. The van der Waals surface area contributed by atoms with Gasteiger partial charge in [-0.2, -0.15) is 0 Å². The molecule has 0 spiro atoms. The summed E-state index contributed by atoms with van der Waals surface area (Å²) < 4.78 is 0. The molecule has 3 N–H and O–H groups in total. The fraction of sp³-hybridized carbons (Fsp3) is 0.483. The van der Waals surface area contributed by atoms with Crippen molar-refractivity contribution in [2.24, 2.45) is 0 Å². The van der Waals surface area contributed by atoms with E-state index in [4.69, 9.17) is 0 Å². The van der Waals surface area contributed by atoms with Crippen molar-refractivity contribution >= 4 is 5.91 Å². The van der Waals surface area contributed by atoms with Crippen LogP contribution in [0.5, 0.6) is 0 Å². The number of benzene rings is 1. The minimum atomic E-state index is -1.02. The number of nitrogens with one attached hydrogen (secondary N) is 1. The summed E-state index contributed by atoms with van der Waals surface area (Å²) in [6, 6.07) is 8.65. The molecule has 0 fully saturated rings. The van der Waals surface area contributed by atoms with Gasteiger partial charge in [-0.3, -0.25) is 4.79 Å². The van der Waals surface area contributed by atoms with Gasteiger partial charge in [0, 0.05) is 6.42 Å². The number of allylic oxidation sites excluding steroid dienone is 8. The average Bonchev–Trinajstić information content (AvgIpc) is 2.84. The standard InChI is InChI=1S/C29H43NO3/c1-2-3-4-5-6-7-8-9-10-11-12-13-14-15-16-17-21-24-28(33)30-29(27(32)25-31)26-22-19-18-20-23-26/h6-7,9-10,12-13,15-16,18-20,22-23,27,29,31-32H,2-5,8,11,14,17,21,24-25H2,1H3,(H,30,33)/b7-6-,10-9-,13-12-,16-15-/t27-,29-/m0/s1. The molecule has 0 saturated heterocycles. The summed E-state index contributed by atoms with van der Waals surface area (Å²) in [5.41, 5.74) is 0.785. The van der Waals surface area contributed by atoms with Crippen molar-refractivity contribution in [1.29, 1.82) is 0 Å². The fourth-order valence-electron chi connectivity index (χ4n) is 3.35. The van der Waals surface area contributed by atoms with Crippen LogP contribution in [0.1, 0.15) is 82.7 Å². The zero-order valence-electron chi connectivity index (χ0n) is 20.2. The Kier molecular flexibility index (Phi) is 17.5. The average molecular weight is 454 g/mol. The van der Waals surface area contributed by atoms with E-state index in [0.29, 0.717) is 6.42 Å². The minimum Gasteiger partial charge on any atom is -0.394 e. The molecule has 1 rings (SSSR count). The van der Waals surface area contributed by atoms with E-state index in [9.17, 15) is 15.0 Å². The van der Waals surface area contributed by atoms with Gasteiger partial charge in [0.25, 0.3) is 0 Å². The van der Waals surface area contributed by atoms with Gasteiger partial charge in [0.15, 0.2) is 0 Å². The van der Waals surface area contributed by atoms with Crippen LogP contribution in [0.2, 0.25) is 0 Å². The number of hydrogen-bond acceptors (Lipinski definition) is 3. The van der Waals surface area contributed by atoms with E-state index in [0.717, 1.165) is 37.7 Å². The normalized spacial score (nSPS) is 14.0. The molecule has 0 saturated carbocycles. The van der Waals surface area contributed by atoms with E-state index in [-0.39, 0.29) is 5.91 Å². The molecule has 0 unspecified atom stereocenters. The van der Waals surface area contributed by atoms with Crippen molar-refractivity contribution in [2.75, 3.05) is 6.61 Å². The minimum absolute atomic E-state index is 0.118. The maximum atomic E-state index is 12.3. The highest BCUT2D eigenvalue weighted by atomic mass is 16.3. The van der Waals surface area contributed by atoms with Crippen molar-refractivity contribution in [1.82, 2.24) is 5.32 Å². The first kappa shape index (κ1) is 28.6. The lowest BCUT2D eigenvalue weighted by Gasteiger charge is -2.23. The molecule has 4 heteroatoms. The number of carbonyl (C=O) groups excluding carboxylic acids is 1. The van der Waals surface area contributed by atoms with E-state index < -0.39 is 18.8 Å². The molecule has 0 aliphatic rings. The highest BCUT2D eigenvalue weighted by molar-refractivity contribution is 5.76. The number of rotatable bonds is 18. The number of unbranched alkanes of at least 4 members (excludes halogenated alkanes) is 4. The summed E-state index contributed by atoms with van der Waals surface area (Å²) in [6.45, 7) is 1.83. The third-order valence-electron chi connectivity index (χ3n) is 5.28. The van der Waals surface area contributed by atoms with E-state index in [1.165, 1.54) is 25.7 Å². The number of amides is 1. The Morgan fingerprint density at radius 1 is 0.848 bits per heavy atom. The summed E-state index contributed by atoms with van der Waals surface area (Å²) >= 11 is 0. The molecule has 0 bridgehead atoms. The summed E-state index contributed by atoms with van der Waals surface area (Å²) in [7, 11) is 0. The molecule has 2 atom stereocenters. The van der Waals surface area contributed by atoms with Gasteiger partial charge in [-0.25, -0.2) is 0 Å². The molecule has 4 nitrogen and oxygen atoms in total. The fourth-order valence-corrected chi connectivity index (χ4v) is 3.35. The van der Waals surface area contributed by atoms with Crippen molar-refractivity contribution in [3.63, 3.8) is 0 Å². The zero-order chi connectivity index (χ0) is 24.0. The highest BCUT2D eigenvalue weighted by Gasteiger charge is 2.22. The van der Waals surface area contributed by atoms with Crippen LogP contribution in [0.25, 0.3) is 0 Å². The number of aliphatic hydroxyl groups is 2. The lowest BCUT2D eigenvalue weighted by atomic mass is 10.0. The molecule has 1 amide bonds. The molecule has 0 aliphatic heterocycles. The Bertz CT molecular complexity index is 722. The topological polar surface area (TPSA) is 69.6 Å². The van der Waals surface area contributed by atoms with Crippen LogP contribution < -0.4 is 5.32 Å². The summed E-state index contributed by atoms with van der Waals surface area (Å²) in [5.74, 6) is -0.118. The molecule has 0 aromatic heterocycles. The quantitative estimate of drug-likeness (QED) is 0.179. The second-order valence-corrected chi connectivity index (χ2v) is 8.19. The van der Waals surface area contributed by atoms with Crippen LogP contribution in [-0.2, 0) is 4.79 Å². The molecule has 0 radical (unpaired) electrons. The lowest BCUT2D eigenvalue weighted by molar-refractivity contribution is -0.123. The Balaban J connectivity index is 2.14. The summed E-state index contributed by atoms with van der Waals surface area (Å²) in [6.07, 6.45) is 26.4. The van der Waals surface area contributed by atoms with Crippen LogP contribution in [0.15, 0.2) is 78.9 Å². The van der Waals surface area contributed by atoms with E-state index in [2.05, 4.69) is 60.8 Å². The van der Waals surface area contributed by atoms with Crippen molar-refractivity contribution in [3.8, 4) is 0 Å². The lowest BCUT2D eigenvalue weighted by Crippen LogP contribution is -2.37. The molecule has 0 heterocycles. The van der Waals surface area contributed by atoms with Gasteiger partial charge in [-0.05, 0) is 50.5 Å². The van der Waals surface area contributed by atoms with Crippen LogP contribution >= 0.6 is 0 Å². The number of carbonyl (C=O) groups is 1. The molecule has 33 heavy (non-hydrogen) atoms. The van der Waals surface area contributed by atoms with Crippen LogP contribution in [0.3, 0.4) is 0 Å². The monoisotopic (exact) mass is 453 g/mol. The van der Waals surface area contributed by atoms with Crippen LogP contribution in [-0.4, -0.2) is 28.8 Å². The van der Waals surface area contributed by atoms with Gasteiger partial charge >= 0.3 is 0 Å². The first-order chi connectivity index (χ1) is 16.2. The van der Waals surface area contributed by atoms with Gasteiger partial charge in [0.1, 0.15) is 6.10 Å². The smallest absolute Gasteiger partial charge is 0.220 e. The SMILES string of the molecule is CCCCC/C=C\C/C=C\C/C=C\C/C=C\CCCC(=O)N[C@@H](c1ccccc1)[C@@H](O)CO. The Labute approximate surface area is 200 Å². The Hall–Kier alpha value is -2.43. The van der Waals surface area contributed by atoms with Crippen molar-refractivity contribution in [2.45, 2.75) is 83.3 Å². The third kappa shape index (κ3) is 15.1. The predicted octanol–water partition coefficient (Wildman–Crippen LogP) is 6.34. The van der Waals surface area contributed by atoms with E-state index in [1.807, 2.05) is 30.3 Å². The molecule has 1 aromatic rings. The van der Waals surface area contributed by atoms with Crippen molar-refractivity contribution < 1.29 is 15.0 Å². The van der Waals surface area contributed by atoms with Crippen LogP contribution in [0, 0.1) is 0 Å². The zero-order valence-corrected chi connectivity index (χ0v) is 20.2. The highest BCUT2D eigenvalue weighted by Crippen LogP contribution is 2.17. The first-order valence-electron chi connectivity index (χ1n) is 12.4. The molecule has 1 aromatic carbocycles. The second-order valence-electron chi connectivity index (χ2n) is 8.19. The molecular formula is C29H43NO3. The molecular weight excluding hydrogens is 410 g/mol. The summed E-state index contributed by atoms with van der Waals surface area (Å²) in [4.78, 5) is 12.3. The van der Waals surface area contributed by atoms with E-state index >= 15 is 0 Å². The second kappa shape index (κ2) is 20.2. The Morgan fingerprint density at radius 3 is 1.94 bits per heavy atom. The largest absolute Gasteiger partial charge is 0.394 e. The number of aliphatic hydroxyl groups excluding tert-OH is 2. The maximum absolute atomic E-state index is 12.3. The van der Waals surface area contributed by atoms with E-state index in [1.54, 1.807) is 0 Å². The van der Waals surface area contributed by atoms with Gasteiger partial charge in [-0.15, -0.1) is 0 Å².